The molecule has 1 heterocycles. The highest BCUT2D eigenvalue weighted by Crippen LogP contribution is 2.29. The summed E-state index contributed by atoms with van der Waals surface area (Å²) >= 11 is 0. The molecule has 2 aromatic carbocycles. The molecule has 0 saturated heterocycles. The molecule has 0 atom stereocenters. The minimum Gasteiger partial charge on any atom is -0.496 e. The lowest BCUT2D eigenvalue weighted by molar-refractivity contribution is -0.115. The second-order valence-corrected chi connectivity index (χ2v) is 6.78. The van der Waals surface area contributed by atoms with E-state index in [4.69, 9.17) is 9.26 Å². The van der Waals surface area contributed by atoms with Crippen LogP contribution in [0.5, 0.6) is 5.75 Å². The third-order valence-corrected chi connectivity index (χ3v) is 4.47. The Labute approximate surface area is 169 Å². The van der Waals surface area contributed by atoms with E-state index in [9.17, 15) is 9.59 Å². The molecule has 7 heteroatoms. The summed E-state index contributed by atoms with van der Waals surface area (Å²) in [6, 6.07) is 12.8. The highest BCUT2D eigenvalue weighted by molar-refractivity contribution is 5.99. The lowest BCUT2D eigenvalue weighted by Crippen LogP contribution is -2.33. The molecular weight excluding hydrogens is 370 g/mol. The average Bonchev–Trinajstić information content (AvgIpc) is 3.19. The van der Waals surface area contributed by atoms with Gasteiger partial charge >= 0.3 is 0 Å². The van der Waals surface area contributed by atoms with Crippen LogP contribution in [0, 0.1) is 20.8 Å². The van der Waals surface area contributed by atoms with E-state index in [-0.39, 0.29) is 18.1 Å². The number of carbonyl (C=O) groups is 2. The van der Waals surface area contributed by atoms with Crippen LogP contribution in [-0.2, 0) is 4.79 Å². The van der Waals surface area contributed by atoms with Gasteiger partial charge in [0, 0.05) is 11.8 Å². The molecule has 0 radical (unpaired) electrons. The van der Waals surface area contributed by atoms with Crippen LogP contribution in [0.3, 0.4) is 0 Å². The van der Waals surface area contributed by atoms with Crippen LogP contribution >= 0.6 is 0 Å². The number of methoxy groups -OCH3 is 1. The van der Waals surface area contributed by atoms with Crippen molar-refractivity contribution in [1.29, 1.82) is 0 Å². The summed E-state index contributed by atoms with van der Waals surface area (Å²) in [5, 5.41) is 9.20. The van der Waals surface area contributed by atoms with Crippen molar-refractivity contribution >= 4 is 17.5 Å². The zero-order valence-corrected chi connectivity index (χ0v) is 16.8. The number of carbonyl (C=O) groups excluding carboxylic acids is 2. The standard InChI is InChI=1S/C22H23N3O4/c1-13-9-14(2)21(15(3)10-13)24-20(26)12-23-22(27)17-11-19(29-25-17)16-7-5-6-8-18(16)28-4/h5-11H,12H2,1-4H3,(H,23,27)(H,24,26). The Kier molecular flexibility index (Phi) is 5.97. The third-order valence-electron chi connectivity index (χ3n) is 4.47. The van der Waals surface area contributed by atoms with E-state index in [0.717, 1.165) is 22.4 Å². The van der Waals surface area contributed by atoms with Gasteiger partial charge in [0.15, 0.2) is 11.5 Å². The van der Waals surface area contributed by atoms with Crippen molar-refractivity contribution in [2.24, 2.45) is 0 Å². The van der Waals surface area contributed by atoms with Crippen LogP contribution in [0.2, 0.25) is 0 Å². The maximum absolute atomic E-state index is 12.3. The SMILES string of the molecule is COc1ccccc1-c1cc(C(=O)NCC(=O)Nc2c(C)cc(C)cc2C)no1. The number of ether oxygens (including phenoxy) is 1. The van der Waals surface area contributed by atoms with E-state index in [2.05, 4.69) is 15.8 Å². The van der Waals surface area contributed by atoms with Gasteiger partial charge in [-0.05, 0) is 44.0 Å². The van der Waals surface area contributed by atoms with E-state index in [1.54, 1.807) is 19.2 Å². The van der Waals surface area contributed by atoms with Crippen molar-refractivity contribution in [1.82, 2.24) is 10.5 Å². The molecule has 0 fully saturated rings. The van der Waals surface area contributed by atoms with E-state index in [0.29, 0.717) is 17.1 Å². The lowest BCUT2D eigenvalue weighted by atomic mass is 10.1. The fraction of sp³-hybridized carbons (Fsp3) is 0.227. The van der Waals surface area contributed by atoms with Gasteiger partial charge < -0.3 is 19.9 Å². The maximum atomic E-state index is 12.3. The zero-order chi connectivity index (χ0) is 21.0. The predicted octanol–water partition coefficient (Wildman–Crippen LogP) is 3.64. The number of aromatic nitrogens is 1. The zero-order valence-electron chi connectivity index (χ0n) is 16.8. The number of hydrogen-bond acceptors (Lipinski definition) is 5. The Morgan fingerprint density at radius 3 is 2.45 bits per heavy atom. The largest absolute Gasteiger partial charge is 0.496 e. The van der Waals surface area contributed by atoms with E-state index in [1.807, 2.05) is 45.0 Å². The number of nitrogens with one attached hydrogen (secondary N) is 2. The first kappa shape index (κ1) is 20.1. The fourth-order valence-corrected chi connectivity index (χ4v) is 3.17. The first-order valence-corrected chi connectivity index (χ1v) is 9.15. The molecule has 0 aliphatic heterocycles. The molecular formula is C22H23N3O4. The van der Waals surface area contributed by atoms with Gasteiger partial charge in [-0.1, -0.05) is 35.0 Å². The minimum absolute atomic E-state index is 0.0846. The summed E-state index contributed by atoms with van der Waals surface area (Å²) in [4.78, 5) is 24.6. The summed E-state index contributed by atoms with van der Waals surface area (Å²) in [6.45, 7) is 5.69. The molecule has 3 rings (SSSR count). The quantitative estimate of drug-likeness (QED) is 0.667. The second-order valence-electron chi connectivity index (χ2n) is 6.78. The van der Waals surface area contributed by atoms with E-state index >= 15 is 0 Å². The number of para-hydroxylation sites is 1. The summed E-state index contributed by atoms with van der Waals surface area (Å²) in [7, 11) is 1.55. The van der Waals surface area contributed by atoms with Crippen molar-refractivity contribution in [3.63, 3.8) is 0 Å². The number of rotatable bonds is 6. The van der Waals surface area contributed by atoms with Crippen LogP contribution in [0.25, 0.3) is 11.3 Å². The monoisotopic (exact) mass is 393 g/mol. The molecule has 0 unspecified atom stereocenters. The molecule has 150 valence electrons. The third kappa shape index (κ3) is 4.63. The van der Waals surface area contributed by atoms with Gasteiger partial charge in [-0.15, -0.1) is 0 Å². The van der Waals surface area contributed by atoms with Crippen molar-refractivity contribution in [2.45, 2.75) is 20.8 Å². The predicted molar refractivity (Wildman–Crippen MR) is 110 cm³/mol. The topological polar surface area (TPSA) is 93.5 Å². The fourth-order valence-electron chi connectivity index (χ4n) is 3.17. The highest BCUT2D eigenvalue weighted by Gasteiger charge is 2.17. The molecule has 0 spiro atoms. The average molecular weight is 393 g/mol. The van der Waals surface area contributed by atoms with Crippen molar-refractivity contribution in [2.75, 3.05) is 19.0 Å². The van der Waals surface area contributed by atoms with Crippen LogP contribution in [0.1, 0.15) is 27.2 Å². The van der Waals surface area contributed by atoms with Crippen LogP contribution in [-0.4, -0.2) is 30.6 Å². The maximum Gasteiger partial charge on any atom is 0.273 e. The molecule has 7 nitrogen and oxygen atoms in total. The Morgan fingerprint density at radius 2 is 1.76 bits per heavy atom. The van der Waals surface area contributed by atoms with Gasteiger partial charge in [-0.2, -0.15) is 0 Å². The van der Waals surface area contributed by atoms with Gasteiger partial charge in [0.1, 0.15) is 5.75 Å². The Morgan fingerprint density at radius 1 is 1.07 bits per heavy atom. The molecule has 0 bridgehead atoms. The second kappa shape index (κ2) is 8.60. The molecule has 2 N–H and O–H groups in total. The van der Waals surface area contributed by atoms with Gasteiger partial charge in [0.25, 0.3) is 5.91 Å². The number of nitrogens with zero attached hydrogens (tertiary/aromatic N) is 1. The Balaban J connectivity index is 1.63. The Hall–Kier alpha value is -3.61. The van der Waals surface area contributed by atoms with E-state index in [1.165, 1.54) is 6.07 Å². The lowest BCUT2D eigenvalue weighted by Gasteiger charge is -2.13. The van der Waals surface area contributed by atoms with Gasteiger partial charge in [0.2, 0.25) is 5.91 Å². The van der Waals surface area contributed by atoms with Gasteiger partial charge in [-0.3, -0.25) is 9.59 Å². The minimum atomic E-state index is -0.498. The molecule has 3 aromatic rings. The number of aryl methyl sites for hydroxylation is 3. The summed E-state index contributed by atoms with van der Waals surface area (Å²) in [5.41, 5.74) is 4.60. The van der Waals surface area contributed by atoms with Crippen LogP contribution < -0.4 is 15.4 Å². The van der Waals surface area contributed by atoms with Crippen molar-refractivity contribution in [3.8, 4) is 17.1 Å². The summed E-state index contributed by atoms with van der Waals surface area (Å²) in [5.74, 6) is 0.200. The Bertz CT molecular complexity index is 1030. The molecule has 29 heavy (non-hydrogen) atoms. The summed E-state index contributed by atoms with van der Waals surface area (Å²) < 4.78 is 10.6. The van der Waals surface area contributed by atoms with E-state index < -0.39 is 5.91 Å². The van der Waals surface area contributed by atoms with Gasteiger partial charge in [0.05, 0.1) is 19.2 Å². The number of anilines is 1. The molecule has 1 aromatic heterocycles. The summed E-state index contributed by atoms with van der Waals surface area (Å²) in [6.07, 6.45) is 0. The first-order chi connectivity index (χ1) is 13.9. The number of amides is 2. The smallest absolute Gasteiger partial charge is 0.273 e. The molecule has 0 saturated carbocycles. The molecule has 2 amide bonds. The van der Waals surface area contributed by atoms with Crippen LogP contribution in [0.15, 0.2) is 47.0 Å². The molecule has 0 aliphatic carbocycles. The van der Waals surface area contributed by atoms with Crippen LogP contribution in [0.4, 0.5) is 5.69 Å². The number of benzene rings is 2. The van der Waals surface area contributed by atoms with Crippen molar-refractivity contribution in [3.05, 3.63) is 64.8 Å². The highest BCUT2D eigenvalue weighted by atomic mass is 16.5. The van der Waals surface area contributed by atoms with Crippen molar-refractivity contribution < 1.29 is 18.8 Å². The normalized spacial score (nSPS) is 10.5. The first-order valence-electron chi connectivity index (χ1n) is 9.15. The van der Waals surface area contributed by atoms with Gasteiger partial charge in [-0.25, -0.2) is 0 Å². The number of hydrogen-bond donors (Lipinski definition) is 2. The molecule has 0 aliphatic rings.